The maximum Gasteiger partial charge on any atom is 0.143 e. The Morgan fingerprint density at radius 3 is 2.79 bits per heavy atom. The van der Waals surface area contributed by atoms with Crippen LogP contribution in [0.2, 0.25) is 0 Å². The van der Waals surface area contributed by atoms with E-state index in [-0.39, 0.29) is 30.2 Å². The second-order valence-electron chi connectivity index (χ2n) is 8.61. The molecule has 3 aromatic rings. The predicted molar refractivity (Wildman–Crippen MR) is 108 cm³/mol. The molecule has 1 saturated carbocycles. The van der Waals surface area contributed by atoms with Crippen molar-refractivity contribution < 1.29 is 9.18 Å². The van der Waals surface area contributed by atoms with Gasteiger partial charge in [0, 0.05) is 55.9 Å². The zero-order chi connectivity index (χ0) is 20.0. The Hall–Kier alpha value is -2.67. The normalized spacial score (nSPS) is 18.7. The third-order valence-electron chi connectivity index (χ3n) is 6.34. The van der Waals surface area contributed by atoms with Crippen molar-refractivity contribution in [3.8, 4) is 11.1 Å². The van der Waals surface area contributed by atoms with Crippen LogP contribution < -0.4 is 0 Å². The summed E-state index contributed by atoms with van der Waals surface area (Å²) in [5.41, 5.74) is 3.19. The average Bonchev–Trinajstić information content (AvgIpc) is 3.08. The summed E-state index contributed by atoms with van der Waals surface area (Å²) < 4.78 is 14.2. The topological polar surface area (TPSA) is 63.9 Å². The second kappa shape index (κ2) is 6.99. The van der Waals surface area contributed by atoms with E-state index < -0.39 is 0 Å². The van der Waals surface area contributed by atoms with Gasteiger partial charge in [0.25, 0.3) is 0 Å². The first-order valence-corrected chi connectivity index (χ1v) is 10.1. The monoisotopic (exact) mass is 393 g/mol. The van der Waals surface area contributed by atoms with E-state index in [1.54, 1.807) is 10.9 Å². The van der Waals surface area contributed by atoms with Crippen molar-refractivity contribution in [3.63, 3.8) is 0 Å². The molecule has 1 aliphatic carbocycles. The number of hydrogen-bond acceptors (Lipinski definition) is 5. The minimum Gasteiger partial charge on any atom is -0.300 e. The van der Waals surface area contributed by atoms with E-state index >= 15 is 0 Å². The summed E-state index contributed by atoms with van der Waals surface area (Å²) in [6, 6.07) is 6.05. The number of rotatable bonds is 6. The molecule has 3 heterocycles. The van der Waals surface area contributed by atoms with Gasteiger partial charge in [-0.2, -0.15) is 5.10 Å². The third kappa shape index (κ3) is 3.44. The molecule has 0 N–H and O–H groups in total. The number of hydrogen-bond donors (Lipinski definition) is 0. The molecule has 2 aromatic heterocycles. The Morgan fingerprint density at radius 2 is 2.07 bits per heavy atom. The van der Waals surface area contributed by atoms with Crippen LogP contribution in [0.1, 0.15) is 18.7 Å². The fraction of sp³-hybridized carbons (Fsp3) is 0.455. The maximum atomic E-state index is 12.7. The van der Waals surface area contributed by atoms with Crippen LogP contribution >= 0.6 is 0 Å². The molecule has 2 aliphatic rings. The number of carbonyl (C=O) groups excluding carboxylic acids is 1. The molecule has 0 atom stereocenters. The Balaban J connectivity index is 1.25. The number of likely N-dealkylation sites (tertiary alicyclic amines) is 1. The number of fused-ring (bicyclic) bond motifs is 1. The van der Waals surface area contributed by atoms with Crippen LogP contribution in [0.25, 0.3) is 22.0 Å². The lowest BCUT2D eigenvalue weighted by atomic mass is 9.56. The second-order valence-corrected chi connectivity index (χ2v) is 8.61. The zero-order valence-electron chi connectivity index (χ0n) is 16.5. The van der Waals surface area contributed by atoms with Gasteiger partial charge in [0.05, 0.1) is 18.1 Å². The molecule has 7 heteroatoms. The molecular formula is C22H24FN5O. The lowest BCUT2D eigenvalue weighted by Crippen LogP contribution is -2.63. The van der Waals surface area contributed by atoms with Crippen molar-refractivity contribution in [2.75, 3.05) is 26.3 Å². The van der Waals surface area contributed by atoms with Crippen LogP contribution in [0.3, 0.4) is 0 Å². The summed E-state index contributed by atoms with van der Waals surface area (Å²) >= 11 is 0. The van der Waals surface area contributed by atoms with Crippen LogP contribution in [0.5, 0.6) is 0 Å². The van der Waals surface area contributed by atoms with Gasteiger partial charge in [0.2, 0.25) is 0 Å². The van der Waals surface area contributed by atoms with Crippen molar-refractivity contribution >= 4 is 16.7 Å². The van der Waals surface area contributed by atoms with Crippen LogP contribution in [0.15, 0.2) is 36.8 Å². The summed E-state index contributed by atoms with van der Waals surface area (Å²) in [5, 5.41) is 5.18. The van der Waals surface area contributed by atoms with Crippen LogP contribution in [-0.2, 0) is 18.3 Å². The minimum atomic E-state index is -0.291. The highest BCUT2D eigenvalue weighted by molar-refractivity contribution is 5.86. The molecule has 0 unspecified atom stereocenters. The smallest absolute Gasteiger partial charge is 0.143 e. The maximum absolute atomic E-state index is 12.7. The third-order valence-corrected chi connectivity index (χ3v) is 6.34. The number of aryl methyl sites for hydroxylation is 1. The summed E-state index contributed by atoms with van der Waals surface area (Å²) in [4.78, 5) is 23.9. The van der Waals surface area contributed by atoms with Crippen LogP contribution in [0.4, 0.5) is 4.39 Å². The SMILES string of the molecule is Cn1cc(-c2ccc3cnc(CC(=O)C4CC5(C4)CN(CCF)C5)nc3c2)cn1. The molecule has 2 fully saturated rings. The zero-order valence-corrected chi connectivity index (χ0v) is 16.5. The molecule has 1 spiro atoms. The molecule has 1 aromatic carbocycles. The lowest BCUT2D eigenvalue weighted by molar-refractivity contribution is -0.142. The average molecular weight is 393 g/mol. The highest BCUT2D eigenvalue weighted by Gasteiger charge is 2.53. The number of Topliss-reactive ketones (excluding diaryl/α,β-unsaturated/α-hetero) is 1. The Morgan fingerprint density at radius 1 is 1.24 bits per heavy atom. The van der Waals surface area contributed by atoms with E-state index in [1.165, 1.54) is 0 Å². The van der Waals surface area contributed by atoms with Crippen molar-refractivity contribution in [1.29, 1.82) is 0 Å². The predicted octanol–water partition coefficient (Wildman–Crippen LogP) is 2.82. The van der Waals surface area contributed by atoms with Gasteiger partial charge < -0.3 is 0 Å². The van der Waals surface area contributed by atoms with E-state index in [4.69, 9.17) is 0 Å². The number of benzene rings is 1. The summed E-state index contributed by atoms with van der Waals surface area (Å²) in [6.45, 7) is 2.10. The van der Waals surface area contributed by atoms with E-state index in [9.17, 15) is 9.18 Å². The number of carbonyl (C=O) groups is 1. The van der Waals surface area contributed by atoms with Crippen molar-refractivity contribution in [3.05, 3.63) is 42.6 Å². The molecule has 29 heavy (non-hydrogen) atoms. The highest BCUT2D eigenvalue weighted by atomic mass is 19.1. The van der Waals surface area contributed by atoms with Gasteiger partial charge in [-0.25, -0.2) is 14.4 Å². The fourth-order valence-corrected chi connectivity index (χ4v) is 4.85. The minimum absolute atomic E-state index is 0.101. The summed E-state index contributed by atoms with van der Waals surface area (Å²) in [7, 11) is 1.89. The molecule has 5 rings (SSSR count). The Kier molecular flexibility index (Phi) is 4.42. The number of ketones is 1. The molecule has 6 nitrogen and oxygen atoms in total. The van der Waals surface area contributed by atoms with Gasteiger partial charge in [-0.15, -0.1) is 0 Å². The molecule has 1 aliphatic heterocycles. The fourth-order valence-electron chi connectivity index (χ4n) is 4.85. The number of aromatic nitrogens is 4. The lowest BCUT2D eigenvalue weighted by Gasteiger charge is -2.58. The van der Waals surface area contributed by atoms with Gasteiger partial charge in [0.15, 0.2) is 0 Å². The van der Waals surface area contributed by atoms with Crippen molar-refractivity contribution in [2.24, 2.45) is 18.4 Å². The van der Waals surface area contributed by atoms with Gasteiger partial charge in [-0.05, 0) is 29.9 Å². The molecule has 0 bridgehead atoms. The van der Waals surface area contributed by atoms with E-state index in [1.807, 2.05) is 37.6 Å². The Labute approximate surface area is 168 Å². The summed E-state index contributed by atoms with van der Waals surface area (Å²) in [5.74, 6) is 0.908. The van der Waals surface area contributed by atoms with Crippen LogP contribution in [0, 0.1) is 11.3 Å². The molecular weight excluding hydrogens is 369 g/mol. The molecule has 0 amide bonds. The highest BCUT2D eigenvalue weighted by Crippen LogP contribution is 2.52. The summed E-state index contributed by atoms with van der Waals surface area (Å²) in [6.07, 6.45) is 7.71. The van der Waals surface area contributed by atoms with Gasteiger partial charge in [-0.3, -0.25) is 14.4 Å². The van der Waals surface area contributed by atoms with Gasteiger partial charge in [0.1, 0.15) is 18.3 Å². The van der Waals surface area contributed by atoms with Crippen molar-refractivity contribution in [1.82, 2.24) is 24.6 Å². The first kappa shape index (κ1) is 18.4. The largest absolute Gasteiger partial charge is 0.300 e. The van der Waals surface area contributed by atoms with E-state index in [2.05, 4.69) is 20.0 Å². The van der Waals surface area contributed by atoms with Gasteiger partial charge in [-0.1, -0.05) is 12.1 Å². The van der Waals surface area contributed by atoms with E-state index in [0.29, 0.717) is 12.4 Å². The van der Waals surface area contributed by atoms with Crippen molar-refractivity contribution in [2.45, 2.75) is 19.3 Å². The Bertz CT molecular complexity index is 1060. The quantitative estimate of drug-likeness (QED) is 0.644. The molecule has 150 valence electrons. The van der Waals surface area contributed by atoms with Gasteiger partial charge >= 0.3 is 0 Å². The number of halogens is 1. The first-order chi connectivity index (χ1) is 14.0. The molecule has 1 saturated heterocycles. The number of alkyl halides is 1. The number of nitrogens with zero attached hydrogens (tertiary/aromatic N) is 5. The molecule has 0 radical (unpaired) electrons. The first-order valence-electron chi connectivity index (χ1n) is 10.1. The van der Waals surface area contributed by atoms with E-state index in [0.717, 1.165) is 48.0 Å². The van der Waals surface area contributed by atoms with Crippen LogP contribution in [-0.4, -0.2) is 56.7 Å². The standard InChI is InChI=1S/C22H24FN5O/c1-27-12-18(11-25-27)15-2-3-16-10-24-21(26-19(16)6-15)7-20(29)17-8-22(9-17)13-28(14-22)5-4-23/h2-3,6,10-12,17H,4-5,7-9,13-14H2,1H3.